The standard InChI is InChI=1S/C26H16BrN3.C26H17N3/c27-18-9-13-24-21(15-18)26-20-6-2-1-5-17(20)8-12-25(26)30(24)19-10-11-23(29-16-19)22-7-3-4-14-28-22;1-2-8-20-18(7-1)12-15-25-26(20)21-9-3-4-11-24(21)29(25)19-13-14-23(28-17-19)22-10-5-6-16-27-22/h1-16H;1-17H. The highest BCUT2D eigenvalue weighted by Gasteiger charge is 2.17. The molecular formula is C52H33BrN6. The summed E-state index contributed by atoms with van der Waals surface area (Å²) in [5.41, 5.74) is 10.3. The number of fused-ring (bicyclic) bond motifs is 10. The molecule has 0 fully saturated rings. The lowest BCUT2D eigenvalue weighted by atomic mass is 10.0. The minimum Gasteiger partial charge on any atom is -0.308 e. The van der Waals surface area contributed by atoms with Crippen molar-refractivity contribution < 1.29 is 0 Å². The summed E-state index contributed by atoms with van der Waals surface area (Å²) in [7, 11) is 0. The summed E-state index contributed by atoms with van der Waals surface area (Å²) in [6.07, 6.45) is 7.45. The highest BCUT2D eigenvalue weighted by Crippen LogP contribution is 2.39. The first-order chi connectivity index (χ1) is 29.2. The molecule has 6 aromatic heterocycles. The lowest BCUT2D eigenvalue weighted by molar-refractivity contribution is 1.14. The number of pyridine rings is 4. The monoisotopic (exact) mass is 820 g/mol. The van der Waals surface area contributed by atoms with Crippen LogP contribution in [-0.2, 0) is 0 Å². The van der Waals surface area contributed by atoms with Gasteiger partial charge in [-0.05, 0) is 106 Å². The molecule has 12 aromatic rings. The molecule has 0 N–H and O–H groups in total. The van der Waals surface area contributed by atoms with E-state index in [9.17, 15) is 0 Å². The number of hydrogen-bond donors (Lipinski definition) is 0. The molecule has 59 heavy (non-hydrogen) atoms. The zero-order valence-corrected chi connectivity index (χ0v) is 33.2. The second-order valence-corrected chi connectivity index (χ2v) is 15.4. The summed E-state index contributed by atoms with van der Waals surface area (Å²) >= 11 is 3.65. The molecule has 0 saturated carbocycles. The number of hydrogen-bond acceptors (Lipinski definition) is 4. The van der Waals surface area contributed by atoms with Crippen LogP contribution in [0.3, 0.4) is 0 Å². The van der Waals surface area contributed by atoms with Gasteiger partial charge in [-0.15, -0.1) is 0 Å². The fraction of sp³-hybridized carbons (Fsp3) is 0. The summed E-state index contributed by atoms with van der Waals surface area (Å²) in [6, 6.07) is 61.1. The quantitative estimate of drug-likeness (QED) is 0.177. The number of para-hydroxylation sites is 1. The Morgan fingerprint density at radius 2 is 0.797 bits per heavy atom. The maximum atomic E-state index is 4.71. The molecular weight excluding hydrogens is 789 g/mol. The molecule has 6 nitrogen and oxygen atoms in total. The molecule has 6 heterocycles. The van der Waals surface area contributed by atoms with E-state index in [-0.39, 0.29) is 0 Å². The average Bonchev–Trinajstić information content (AvgIpc) is 3.83. The Bertz CT molecular complexity index is 3490. The summed E-state index contributed by atoms with van der Waals surface area (Å²) in [6.45, 7) is 0. The molecule has 0 aliphatic carbocycles. The van der Waals surface area contributed by atoms with Gasteiger partial charge in [-0.2, -0.15) is 0 Å². The van der Waals surface area contributed by atoms with Crippen LogP contribution in [0.1, 0.15) is 0 Å². The third-order valence-corrected chi connectivity index (χ3v) is 11.5. The van der Waals surface area contributed by atoms with Gasteiger partial charge in [0, 0.05) is 38.4 Å². The summed E-state index contributed by atoms with van der Waals surface area (Å²) in [5, 5.41) is 10.1. The predicted octanol–water partition coefficient (Wildman–Crippen LogP) is 13.6. The third kappa shape index (κ3) is 6.02. The van der Waals surface area contributed by atoms with Crippen molar-refractivity contribution in [1.82, 2.24) is 29.1 Å². The normalized spacial score (nSPS) is 11.5. The fourth-order valence-corrected chi connectivity index (χ4v) is 8.79. The smallest absolute Gasteiger partial charge is 0.0887 e. The van der Waals surface area contributed by atoms with E-state index in [2.05, 4.69) is 162 Å². The van der Waals surface area contributed by atoms with Crippen LogP contribution in [0.25, 0.3) is 99.3 Å². The summed E-state index contributed by atoms with van der Waals surface area (Å²) in [4.78, 5) is 18.2. The average molecular weight is 822 g/mol. The van der Waals surface area contributed by atoms with E-state index in [0.717, 1.165) is 44.1 Å². The Hall–Kier alpha value is -7.48. The van der Waals surface area contributed by atoms with Crippen LogP contribution in [-0.4, -0.2) is 29.1 Å². The third-order valence-electron chi connectivity index (χ3n) is 11.0. The van der Waals surface area contributed by atoms with E-state index in [0.29, 0.717) is 0 Å². The van der Waals surface area contributed by atoms with Gasteiger partial charge in [-0.1, -0.05) is 107 Å². The Morgan fingerprint density at radius 1 is 0.339 bits per heavy atom. The number of rotatable bonds is 4. The van der Waals surface area contributed by atoms with Gasteiger partial charge in [-0.25, -0.2) is 0 Å². The van der Waals surface area contributed by atoms with Gasteiger partial charge < -0.3 is 9.13 Å². The van der Waals surface area contributed by atoms with Crippen molar-refractivity contribution in [3.05, 3.63) is 205 Å². The molecule has 12 rings (SSSR count). The van der Waals surface area contributed by atoms with Crippen LogP contribution < -0.4 is 0 Å². The molecule has 278 valence electrons. The van der Waals surface area contributed by atoms with Crippen LogP contribution >= 0.6 is 15.9 Å². The number of nitrogens with zero attached hydrogens (tertiary/aromatic N) is 6. The lowest BCUT2D eigenvalue weighted by Crippen LogP contribution is -1.96. The molecule has 0 aliphatic rings. The van der Waals surface area contributed by atoms with Gasteiger partial charge in [0.15, 0.2) is 0 Å². The molecule has 0 unspecified atom stereocenters. The topological polar surface area (TPSA) is 61.4 Å². The zero-order chi connectivity index (χ0) is 39.3. The van der Waals surface area contributed by atoms with E-state index in [1.165, 1.54) is 59.6 Å². The van der Waals surface area contributed by atoms with Crippen molar-refractivity contribution in [2.75, 3.05) is 0 Å². The molecule has 7 heteroatoms. The Balaban J connectivity index is 0.000000135. The number of halogens is 1. The predicted molar refractivity (Wildman–Crippen MR) is 246 cm³/mol. The first-order valence-corrected chi connectivity index (χ1v) is 20.3. The van der Waals surface area contributed by atoms with Crippen LogP contribution in [0.4, 0.5) is 0 Å². The van der Waals surface area contributed by atoms with Gasteiger partial charge in [0.05, 0.1) is 68.6 Å². The fourth-order valence-electron chi connectivity index (χ4n) is 8.43. The SMILES string of the molecule is Brc1ccc2c(c1)c1c3ccccc3ccc1n2-c1ccc(-c2ccccn2)nc1.c1ccc(-c2ccc(-n3c4ccccc4c4c5ccccc5ccc43)cn2)nc1. The minimum absolute atomic E-state index is 0.869. The van der Waals surface area contributed by atoms with Crippen LogP contribution in [0.5, 0.6) is 0 Å². The molecule has 0 bridgehead atoms. The molecule has 0 radical (unpaired) electrons. The Labute approximate surface area is 347 Å². The Morgan fingerprint density at radius 3 is 1.32 bits per heavy atom. The van der Waals surface area contributed by atoms with Crippen molar-refractivity contribution in [3.8, 4) is 34.2 Å². The minimum atomic E-state index is 0.869. The summed E-state index contributed by atoms with van der Waals surface area (Å²) in [5.74, 6) is 0. The van der Waals surface area contributed by atoms with E-state index >= 15 is 0 Å². The van der Waals surface area contributed by atoms with Gasteiger partial charge in [-0.3, -0.25) is 19.9 Å². The number of benzene rings is 6. The second-order valence-electron chi connectivity index (χ2n) is 14.4. The van der Waals surface area contributed by atoms with Crippen molar-refractivity contribution >= 4 is 81.1 Å². The summed E-state index contributed by atoms with van der Waals surface area (Å²) < 4.78 is 5.66. The highest BCUT2D eigenvalue weighted by atomic mass is 79.9. The van der Waals surface area contributed by atoms with Gasteiger partial charge in [0.25, 0.3) is 0 Å². The number of aromatic nitrogens is 6. The Kier molecular flexibility index (Phi) is 8.52. The molecule has 0 aliphatic heterocycles. The molecule has 0 saturated heterocycles. The van der Waals surface area contributed by atoms with E-state index in [1.807, 2.05) is 60.9 Å². The van der Waals surface area contributed by atoms with Crippen molar-refractivity contribution in [2.24, 2.45) is 0 Å². The zero-order valence-electron chi connectivity index (χ0n) is 31.6. The maximum absolute atomic E-state index is 4.71. The van der Waals surface area contributed by atoms with Gasteiger partial charge >= 0.3 is 0 Å². The van der Waals surface area contributed by atoms with Crippen molar-refractivity contribution in [2.45, 2.75) is 0 Å². The molecule has 0 amide bonds. The van der Waals surface area contributed by atoms with E-state index in [1.54, 1.807) is 12.4 Å². The van der Waals surface area contributed by atoms with E-state index < -0.39 is 0 Å². The first-order valence-electron chi connectivity index (χ1n) is 19.5. The largest absolute Gasteiger partial charge is 0.308 e. The van der Waals surface area contributed by atoms with Crippen molar-refractivity contribution in [3.63, 3.8) is 0 Å². The van der Waals surface area contributed by atoms with Crippen LogP contribution in [0.2, 0.25) is 0 Å². The molecule has 0 atom stereocenters. The maximum Gasteiger partial charge on any atom is 0.0887 e. The molecule has 6 aromatic carbocycles. The van der Waals surface area contributed by atoms with Crippen LogP contribution in [0.15, 0.2) is 205 Å². The van der Waals surface area contributed by atoms with Gasteiger partial charge in [0.2, 0.25) is 0 Å². The first kappa shape index (κ1) is 34.7. The molecule has 0 spiro atoms. The van der Waals surface area contributed by atoms with E-state index in [4.69, 9.17) is 9.97 Å². The highest BCUT2D eigenvalue weighted by molar-refractivity contribution is 9.10. The van der Waals surface area contributed by atoms with Gasteiger partial charge in [0.1, 0.15) is 0 Å². The van der Waals surface area contributed by atoms with Crippen LogP contribution in [0, 0.1) is 0 Å². The van der Waals surface area contributed by atoms with Crippen molar-refractivity contribution in [1.29, 1.82) is 0 Å². The second kappa shape index (κ2) is 14.5. The lowest BCUT2D eigenvalue weighted by Gasteiger charge is -2.09.